The minimum atomic E-state index is 0.356. The summed E-state index contributed by atoms with van der Waals surface area (Å²) in [6.45, 7) is 5.52. The number of ether oxygens (including phenoxy) is 1. The molecule has 0 aromatic carbocycles. The highest BCUT2D eigenvalue weighted by atomic mass is 16.5. The van der Waals surface area contributed by atoms with Crippen molar-refractivity contribution >= 4 is 0 Å². The van der Waals surface area contributed by atoms with Crippen LogP contribution in [0.4, 0.5) is 0 Å². The van der Waals surface area contributed by atoms with Crippen LogP contribution >= 0.6 is 0 Å². The van der Waals surface area contributed by atoms with Crippen molar-refractivity contribution in [2.45, 2.75) is 52.1 Å². The molecule has 2 rings (SSSR count). The third-order valence-electron chi connectivity index (χ3n) is 3.96. The van der Waals surface area contributed by atoms with Gasteiger partial charge < -0.3 is 10.1 Å². The van der Waals surface area contributed by atoms with Gasteiger partial charge in [0.15, 0.2) is 5.82 Å². The maximum atomic E-state index is 5.01. The van der Waals surface area contributed by atoms with Crippen LogP contribution in [0.3, 0.4) is 0 Å². The van der Waals surface area contributed by atoms with E-state index >= 15 is 0 Å². The van der Waals surface area contributed by atoms with Gasteiger partial charge in [0, 0.05) is 13.7 Å². The highest BCUT2D eigenvalue weighted by Gasteiger charge is 2.28. The molecule has 0 atom stereocenters. The molecule has 19 heavy (non-hydrogen) atoms. The Balaban J connectivity index is 1.87. The largest absolute Gasteiger partial charge is 0.383 e. The maximum Gasteiger partial charge on any atom is 0.165 e. The first-order valence-corrected chi connectivity index (χ1v) is 7.18. The van der Waals surface area contributed by atoms with Gasteiger partial charge in [-0.2, -0.15) is 0 Å². The second-order valence-corrected chi connectivity index (χ2v) is 5.79. The van der Waals surface area contributed by atoms with Gasteiger partial charge in [0.25, 0.3) is 0 Å². The van der Waals surface area contributed by atoms with Gasteiger partial charge in [0.2, 0.25) is 0 Å². The molecule has 0 bridgehead atoms. The molecule has 1 aliphatic carbocycles. The summed E-state index contributed by atoms with van der Waals surface area (Å²) in [6, 6.07) is 0. The fraction of sp³-hybridized carbons (Fsp3) is 0.923. The molecular formula is C13H25N5O. The van der Waals surface area contributed by atoms with Gasteiger partial charge in [-0.05, 0) is 28.7 Å². The summed E-state index contributed by atoms with van der Waals surface area (Å²) in [5.74, 6) is 0.919. The van der Waals surface area contributed by atoms with E-state index in [4.69, 9.17) is 4.74 Å². The molecule has 0 unspecified atom stereocenters. The molecule has 6 heteroatoms. The van der Waals surface area contributed by atoms with Crippen LogP contribution in [0.25, 0.3) is 0 Å². The van der Waals surface area contributed by atoms with Gasteiger partial charge >= 0.3 is 0 Å². The molecule has 0 spiro atoms. The van der Waals surface area contributed by atoms with Gasteiger partial charge in [0.05, 0.1) is 19.7 Å². The molecule has 1 N–H and O–H groups in total. The van der Waals surface area contributed by atoms with Crippen molar-refractivity contribution < 1.29 is 4.74 Å². The number of tetrazole rings is 1. The Morgan fingerprint density at radius 1 is 1.32 bits per heavy atom. The molecule has 1 fully saturated rings. The molecule has 6 nitrogen and oxygen atoms in total. The summed E-state index contributed by atoms with van der Waals surface area (Å²) in [4.78, 5) is 0. The van der Waals surface area contributed by atoms with Crippen molar-refractivity contribution in [2.24, 2.45) is 5.41 Å². The Labute approximate surface area is 114 Å². The van der Waals surface area contributed by atoms with Gasteiger partial charge in [-0.25, -0.2) is 4.68 Å². The molecule has 1 heterocycles. The maximum absolute atomic E-state index is 5.01. The molecule has 0 saturated heterocycles. The van der Waals surface area contributed by atoms with Crippen LogP contribution < -0.4 is 5.32 Å². The number of aromatic nitrogens is 4. The minimum absolute atomic E-state index is 0.356. The van der Waals surface area contributed by atoms with Crippen molar-refractivity contribution in [3.05, 3.63) is 5.82 Å². The molecule has 108 valence electrons. The summed E-state index contributed by atoms with van der Waals surface area (Å²) in [5.41, 5.74) is 0.356. The van der Waals surface area contributed by atoms with Crippen LogP contribution in [0.1, 0.15) is 44.9 Å². The van der Waals surface area contributed by atoms with Crippen molar-refractivity contribution in [3.8, 4) is 0 Å². The van der Waals surface area contributed by atoms with Crippen LogP contribution in [0.15, 0.2) is 0 Å². The second kappa shape index (κ2) is 6.96. The summed E-state index contributed by atoms with van der Waals surface area (Å²) in [6.07, 6.45) is 6.60. The van der Waals surface area contributed by atoms with Crippen molar-refractivity contribution in [1.82, 2.24) is 25.5 Å². The zero-order valence-corrected chi connectivity index (χ0v) is 12.1. The zero-order valence-electron chi connectivity index (χ0n) is 12.1. The molecule has 1 saturated carbocycles. The lowest BCUT2D eigenvalue weighted by Crippen LogP contribution is -2.29. The SMILES string of the molecule is COCCNCc1nnnn1CC1(C)CCCCC1. The summed E-state index contributed by atoms with van der Waals surface area (Å²) in [7, 11) is 1.70. The predicted molar refractivity (Wildman–Crippen MR) is 72.6 cm³/mol. The molecule has 1 aliphatic rings. The molecule has 1 aromatic heterocycles. The first-order chi connectivity index (χ1) is 9.23. The fourth-order valence-corrected chi connectivity index (χ4v) is 2.77. The molecular weight excluding hydrogens is 242 g/mol. The lowest BCUT2D eigenvalue weighted by Gasteiger charge is -2.33. The number of methoxy groups -OCH3 is 1. The number of hydrogen-bond acceptors (Lipinski definition) is 5. The van der Waals surface area contributed by atoms with E-state index in [0.29, 0.717) is 18.6 Å². The lowest BCUT2D eigenvalue weighted by molar-refractivity contribution is 0.171. The Morgan fingerprint density at radius 3 is 2.84 bits per heavy atom. The third-order valence-corrected chi connectivity index (χ3v) is 3.96. The van der Waals surface area contributed by atoms with E-state index in [1.165, 1.54) is 32.1 Å². The Hall–Kier alpha value is -1.01. The quantitative estimate of drug-likeness (QED) is 0.756. The van der Waals surface area contributed by atoms with E-state index in [1.807, 2.05) is 4.68 Å². The van der Waals surface area contributed by atoms with Crippen LogP contribution in [0.2, 0.25) is 0 Å². The smallest absolute Gasteiger partial charge is 0.165 e. The van der Waals surface area contributed by atoms with Gasteiger partial charge in [0.1, 0.15) is 0 Å². The van der Waals surface area contributed by atoms with E-state index in [1.54, 1.807) is 7.11 Å². The van der Waals surface area contributed by atoms with Crippen LogP contribution in [-0.4, -0.2) is 40.5 Å². The average molecular weight is 267 g/mol. The lowest BCUT2D eigenvalue weighted by atomic mass is 9.76. The zero-order chi connectivity index (χ0) is 13.6. The van der Waals surface area contributed by atoms with E-state index in [9.17, 15) is 0 Å². The first kappa shape index (κ1) is 14.4. The van der Waals surface area contributed by atoms with E-state index in [2.05, 4.69) is 27.8 Å². The predicted octanol–water partition coefficient (Wildman–Crippen LogP) is 1.38. The minimum Gasteiger partial charge on any atom is -0.383 e. The molecule has 0 radical (unpaired) electrons. The Kier molecular flexibility index (Phi) is 5.27. The van der Waals surface area contributed by atoms with Crippen LogP contribution in [0, 0.1) is 5.41 Å². The first-order valence-electron chi connectivity index (χ1n) is 7.18. The average Bonchev–Trinajstić information content (AvgIpc) is 2.82. The fourth-order valence-electron chi connectivity index (χ4n) is 2.77. The number of hydrogen-bond donors (Lipinski definition) is 1. The summed E-state index contributed by atoms with van der Waals surface area (Å²) < 4.78 is 6.97. The van der Waals surface area contributed by atoms with E-state index in [-0.39, 0.29) is 0 Å². The summed E-state index contributed by atoms with van der Waals surface area (Å²) in [5, 5.41) is 15.3. The van der Waals surface area contributed by atoms with Crippen molar-refractivity contribution in [2.75, 3.05) is 20.3 Å². The Morgan fingerprint density at radius 2 is 2.11 bits per heavy atom. The van der Waals surface area contributed by atoms with E-state index < -0.39 is 0 Å². The second-order valence-electron chi connectivity index (χ2n) is 5.79. The number of nitrogens with zero attached hydrogens (tertiary/aromatic N) is 4. The number of nitrogens with one attached hydrogen (secondary N) is 1. The van der Waals surface area contributed by atoms with Crippen LogP contribution in [-0.2, 0) is 17.8 Å². The van der Waals surface area contributed by atoms with Crippen LogP contribution in [0.5, 0.6) is 0 Å². The third kappa shape index (κ3) is 4.24. The normalized spacial score (nSPS) is 18.6. The Bertz CT molecular complexity index is 373. The monoisotopic (exact) mass is 267 g/mol. The van der Waals surface area contributed by atoms with E-state index in [0.717, 1.165) is 18.9 Å². The summed E-state index contributed by atoms with van der Waals surface area (Å²) >= 11 is 0. The highest BCUT2D eigenvalue weighted by molar-refractivity contribution is 4.85. The van der Waals surface area contributed by atoms with Gasteiger partial charge in [-0.1, -0.05) is 26.2 Å². The van der Waals surface area contributed by atoms with Gasteiger partial charge in [-0.3, -0.25) is 0 Å². The molecule has 0 aliphatic heterocycles. The molecule has 1 aromatic rings. The topological polar surface area (TPSA) is 64.9 Å². The van der Waals surface area contributed by atoms with Crippen molar-refractivity contribution in [1.29, 1.82) is 0 Å². The van der Waals surface area contributed by atoms with Crippen molar-refractivity contribution in [3.63, 3.8) is 0 Å². The van der Waals surface area contributed by atoms with Gasteiger partial charge in [-0.15, -0.1) is 5.10 Å². The highest BCUT2D eigenvalue weighted by Crippen LogP contribution is 2.37. The standard InChI is InChI=1S/C13H25N5O/c1-13(6-4-3-5-7-13)11-18-12(15-16-17-18)10-14-8-9-19-2/h14H,3-11H2,1-2H3. The number of rotatable bonds is 7. The molecule has 0 amide bonds.